The monoisotopic (exact) mass is 469 g/mol. The lowest BCUT2D eigenvalue weighted by Gasteiger charge is -2.34. The summed E-state index contributed by atoms with van der Waals surface area (Å²) in [5, 5.41) is 7.51. The maximum absolute atomic E-state index is 12.3. The summed E-state index contributed by atoms with van der Waals surface area (Å²) in [6, 6.07) is 27.7. The molecule has 7 heteroatoms. The van der Waals surface area contributed by atoms with Gasteiger partial charge in [-0.3, -0.25) is 25.0 Å². The zero-order valence-electron chi connectivity index (χ0n) is 19.4. The van der Waals surface area contributed by atoms with Crippen molar-refractivity contribution in [3.8, 4) is 0 Å². The number of piperidine rings is 1. The first-order chi connectivity index (χ1) is 16.9. The van der Waals surface area contributed by atoms with E-state index in [-0.39, 0.29) is 17.7 Å². The van der Waals surface area contributed by atoms with Gasteiger partial charge in [-0.05, 0) is 29.5 Å². The Labute approximate surface area is 203 Å². The molecule has 35 heavy (non-hydrogen) atoms. The van der Waals surface area contributed by atoms with Crippen molar-refractivity contribution >= 4 is 23.8 Å². The van der Waals surface area contributed by atoms with Gasteiger partial charge in [-0.1, -0.05) is 97.9 Å². The second-order valence-corrected chi connectivity index (χ2v) is 8.57. The minimum atomic E-state index is -1.14. The fourth-order valence-corrected chi connectivity index (χ4v) is 4.73. The van der Waals surface area contributed by atoms with E-state index in [1.165, 1.54) is 0 Å². The van der Waals surface area contributed by atoms with Crippen molar-refractivity contribution in [3.63, 3.8) is 0 Å². The molecule has 0 spiro atoms. The van der Waals surface area contributed by atoms with Gasteiger partial charge in [0.15, 0.2) is 5.54 Å². The zero-order chi connectivity index (χ0) is 24.9. The van der Waals surface area contributed by atoms with Crippen molar-refractivity contribution < 1.29 is 19.2 Å². The molecule has 0 aromatic heterocycles. The Bertz CT molecular complexity index is 1190. The van der Waals surface area contributed by atoms with Crippen molar-refractivity contribution in [3.05, 3.63) is 108 Å². The van der Waals surface area contributed by atoms with Crippen LogP contribution < -0.4 is 16.0 Å². The summed E-state index contributed by atoms with van der Waals surface area (Å²) >= 11 is 0. The lowest BCUT2D eigenvalue weighted by Crippen LogP contribution is -2.51. The van der Waals surface area contributed by atoms with Crippen molar-refractivity contribution in [2.75, 3.05) is 0 Å². The number of benzene rings is 3. The number of amides is 5. The van der Waals surface area contributed by atoms with Gasteiger partial charge in [0.2, 0.25) is 11.8 Å². The van der Waals surface area contributed by atoms with Crippen LogP contribution >= 0.6 is 0 Å². The van der Waals surface area contributed by atoms with E-state index in [1.54, 1.807) is 0 Å². The number of rotatable bonds is 4. The molecule has 1 unspecified atom stereocenters. The number of urea groups is 1. The lowest BCUT2D eigenvalue weighted by molar-refractivity contribution is -0.138. The lowest BCUT2D eigenvalue weighted by atomic mass is 9.72. The Balaban J connectivity index is 0.000000168. The van der Waals surface area contributed by atoms with Crippen LogP contribution in [0.1, 0.15) is 42.9 Å². The largest absolute Gasteiger partial charge is 0.322 e. The van der Waals surface area contributed by atoms with E-state index in [0.717, 1.165) is 23.1 Å². The predicted octanol–water partition coefficient (Wildman–Crippen LogP) is 3.54. The quantitative estimate of drug-likeness (QED) is 0.402. The molecule has 2 fully saturated rings. The predicted molar refractivity (Wildman–Crippen MR) is 131 cm³/mol. The van der Waals surface area contributed by atoms with Crippen molar-refractivity contribution in [1.29, 1.82) is 0 Å². The van der Waals surface area contributed by atoms with E-state index in [4.69, 9.17) is 0 Å². The highest BCUT2D eigenvalue weighted by atomic mass is 16.2. The molecule has 3 aromatic carbocycles. The van der Waals surface area contributed by atoms with Gasteiger partial charge in [-0.15, -0.1) is 0 Å². The molecular formula is C28H27N3O4. The van der Waals surface area contributed by atoms with Gasteiger partial charge in [0.05, 0.1) is 5.41 Å². The van der Waals surface area contributed by atoms with E-state index < -0.39 is 17.0 Å². The molecule has 3 N–H and O–H groups in total. The van der Waals surface area contributed by atoms with E-state index in [2.05, 4.69) is 16.0 Å². The molecule has 7 nitrogen and oxygen atoms in total. The molecule has 178 valence electrons. The minimum absolute atomic E-state index is 0.155. The Morgan fingerprint density at radius 3 is 1.54 bits per heavy atom. The molecule has 3 aromatic rings. The van der Waals surface area contributed by atoms with E-state index in [1.807, 2.05) is 97.9 Å². The molecule has 2 aliphatic rings. The van der Waals surface area contributed by atoms with Crippen molar-refractivity contribution in [2.24, 2.45) is 0 Å². The first-order valence-corrected chi connectivity index (χ1v) is 11.6. The molecule has 5 amide bonds. The smallest absolute Gasteiger partial charge is 0.316 e. The van der Waals surface area contributed by atoms with Gasteiger partial charge in [-0.25, -0.2) is 4.79 Å². The third-order valence-corrected chi connectivity index (χ3v) is 6.68. The van der Waals surface area contributed by atoms with Gasteiger partial charge in [0.25, 0.3) is 5.91 Å². The van der Waals surface area contributed by atoms with Crippen LogP contribution in [0.4, 0.5) is 4.79 Å². The van der Waals surface area contributed by atoms with Crippen LogP contribution in [-0.4, -0.2) is 23.8 Å². The zero-order valence-corrected chi connectivity index (χ0v) is 19.4. The fourth-order valence-electron chi connectivity index (χ4n) is 4.73. The van der Waals surface area contributed by atoms with Crippen LogP contribution in [0.2, 0.25) is 0 Å². The molecule has 0 aliphatic carbocycles. The van der Waals surface area contributed by atoms with Crippen LogP contribution in [0.25, 0.3) is 0 Å². The van der Waals surface area contributed by atoms with Gasteiger partial charge < -0.3 is 5.32 Å². The number of imide groups is 2. The van der Waals surface area contributed by atoms with E-state index in [0.29, 0.717) is 12.8 Å². The Morgan fingerprint density at radius 1 is 0.657 bits per heavy atom. The van der Waals surface area contributed by atoms with Gasteiger partial charge in [-0.2, -0.15) is 0 Å². The fraction of sp³-hybridized carbons (Fsp3) is 0.214. The Hall–Kier alpha value is -4.26. The third kappa shape index (κ3) is 4.45. The molecule has 2 aliphatic heterocycles. The average molecular weight is 470 g/mol. The van der Waals surface area contributed by atoms with E-state index in [9.17, 15) is 19.2 Å². The minimum Gasteiger partial charge on any atom is -0.316 e. The molecule has 5 rings (SSSR count). The maximum atomic E-state index is 12.3. The number of hydrogen-bond acceptors (Lipinski definition) is 4. The maximum Gasteiger partial charge on any atom is 0.322 e. The summed E-state index contributed by atoms with van der Waals surface area (Å²) in [5.41, 5.74) is 0.825. The van der Waals surface area contributed by atoms with Gasteiger partial charge >= 0.3 is 6.03 Å². The highest BCUT2D eigenvalue weighted by molar-refractivity contribution is 6.09. The standard InChI is InChI=1S/C15H12N2O2.C13H15NO2/c18-13-15(17-14(19)16-13,11-7-3-1-4-8-11)12-9-5-2-6-10-12;1-2-13(10-6-4-3-5-7-10)9-8-11(15)14-12(13)16/h1-10H,(H2,16,17,18,19);3-7H,2,8-9H2,1H3,(H,14,15,16). The Morgan fingerprint density at radius 2 is 1.14 bits per heavy atom. The first-order valence-electron chi connectivity index (χ1n) is 11.6. The molecule has 0 saturated carbocycles. The summed E-state index contributed by atoms with van der Waals surface area (Å²) in [6.07, 6.45) is 1.75. The number of nitrogens with one attached hydrogen (secondary N) is 3. The second-order valence-electron chi connectivity index (χ2n) is 8.57. The van der Waals surface area contributed by atoms with Crippen LogP contribution in [0, 0.1) is 0 Å². The summed E-state index contributed by atoms with van der Waals surface area (Å²) in [5.74, 6) is -0.669. The summed E-state index contributed by atoms with van der Waals surface area (Å²) < 4.78 is 0. The second kappa shape index (κ2) is 9.93. The summed E-state index contributed by atoms with van der Waals surface area (Å²) in [4.78, 5) is 47.1. The third-order valence-electron chi connectivity index (χ3n) is 6.68. The van der Waals surface area contributed by atoms with Crippen molar-refractivity contribution in [2.45, 2.75) is 37.1 Å². The topological polar surface area (TPSA) is 104 Å². The van der Waals surface area contributed by atoms with Crippen LogP contribution in [0.15, 0.2) is 91.0 Å². The average Bonchev–Trinajstić information content (AvgIpc) is 3.21. The molecular weight excluding hydrogens is 442 g/mol. The summed E-state index contributed by atoms with van der Waals surface area (Å²) in [6.45, 7) is 1.99. The molecule has 1 atom stereocenters. The van der Waals surface area contributed by atoms with Crippen LogP contribution in [-0.2, 0) is 25.3 Å². The Kier molecular flexibility index (Phi) is 6.78. The van der Waals surface area contributed by atoms with Crippen LogP contribution in [0.3, 0.4) is 0 Å². The van der Waals surface area contributed by atoms with Crippen molar-refractivity contribution in [1.82, 2.24) is 16.0 Å². The number of hydrogen-bond donors (Lipinski definition) is 3. The number of carbonyl (C=O) groups is 4. The van der Waals surface area contributed by atoms with Gasteiger partial charge in [0.1, 0.15) is 0 Å². The summed E-state index contributed by atoms with van der Waals surface area (Å²) in [7, 11) is 0. The first kappa shape index (κ1) is 23.9. The van der Waals surface area contributed by atoms with E-state index >= 15 is 0 Å². The highest BCUT2D eigenvalue weighted by Gasteiger charge is 2.49. The van der Waals surface area contributed by atoms with Crippen LogP contribution in [0.5, 0.6) is 0 Å². The number of carbonyl (C=O) groups excluding carboxylic acids is 4. The molecule has 2 heterocycles. The highest BCUT2D eigenvalue weighted by Crippen LogP contribution is 2.35. The normalized spacial score (nSPS) is 20.7. The SMILES string of the molecule is CCC1(c2ccccc2)CCC(=O)NC1=O.O=C1NC(=O)C(c2ccccc2)(c2ccccc2)N1. The molecule has 0 bridgehead atoms. The van der Waals surface area contributed by atoms with Gasteiger partial charge in [0, 0.05) is 6.42 Å². The molecule has 2 saturated heterocycles. The molecule has 0 radical (unpaired) electrons.